The number of hydrogen-bond acceptors (Lipinski definition) is 2. The molecule has 1 aliphatic heterocycles. The van der Waals surface area contributed by atoms with Gasteiger partial charge in [-0.05, 0) is 54.4 Å². The Morgan fingerprint density at radius 3 is 3.07 bits per heavy atom. The van der Waals surface area contributed by atoms with Crippen LogP contribution in [0.15, 0.2) is 21.2 Å². The van der Waals surface area contributed by atoms with Gasteiger partial charge in [0.1, 0.15) is 5.76 Å². The van der Waals surface area contributed by atoms with Gasteiger partial charge in [-0.25, -0.2) is 0 Å². The van der Waals surface area contributed by atoms with E-state index in [2.05, 4.69) is 27.8 Å². The molecular weight excluding hydrogens is 277 g/mol. The molecule has 1 aromatic rings. The lowest BCUT2D eigenvalue weighted by Crippen LogP contribution is -2.43. The Morgan fingerprint density at radius 2 is 2.40 bits per heavy atom. The molecule has 2 unspecified atom stereocenters. The van der Waals surface area contributed by atoms with Crippen LogP contribution in [0.2, 0.25) is 0 Å². The molecule has 15 heavy (non-hydrogen) atoms. The third kappa shape index (κ3) is 2.77. The van der Waals surface area contributed by atoms with Crippen LogP contribution in [0, 0.1) is 0 Å². The second-order valence-corrected chi connectivity index (χ2v) is 5.42. The molecule has 0 saturated carbocycles. The highest BCUT2D eigenvalue weighted by atomic mass is 79.9. The minimum Gasteiger partial charge on any atom is -0.453 e. The van der Waals surface area contributed by atoms with Gasteiger partial charge in [-0.3, -0.25) is 4.90 Å². The van der Waals surface area contributed by atoms with E-state index in [1.807, 2.05) is 12.1 Å². The summed E-state index contributed by atoms with van der Waals surface area (Å²) in [5.41, 5.74) is 0. The van der Waals surface area contributed by atoms with Crippen molar-refractivity contribution in [3.8, 4) is 0 Å². The van der Waals surface area contributed by atoms with Crippen molar-refractivity contribution in [2.24, 2.45) is 0 Å². The first-order valence-corrected chi connectivity index (χ1v) is 6.52. The Kier molecular flexibility index (Phi) is 3.75. The van der Waals surface area contributed by atoms with Gasteiger partial charge in [0.15, 0.2) is 4.67 Å². The van der Waals surface area contributed by atoms with Crippen molar-refractivity contribution >= 4 is 27.5 Å². The molecule has 1 aromatic heterocycles. The Bertz CT molecular complexity index is 328. The molecule has 1 aliphatic rings. The summed E-state index contributed by atoms with van der Waals surface area (Å²) in [6.07, 6.45) is 2.31. The van der Waals surface area contributed by atoms with Gasteiger partial charge in [0.25, 0.3) is 0 Å². The summed E-state index contributed by atoms with van der Waals surface area (Å²) >= 11 is 9.56. The first kappa shape index (κ1) is 11.5. The van der Waals surface area contributed by atoms with Gasteiger partial charge >= 0.3 is 0 Å². The molecule has 1 fully saturated rings. The van der Waals surface area contributed by atoms with E-state index in [0.29, 0.717) is 6.04 Å². The molecule has 0 N–H and O–H groups in total. The van der Waals surface area contributed by atoms with Crippen molar-refractivity contribution < 1.29 is 4.42 Å². The van der Waals surface area contributed by atoms with E-state index in [9.17, 15) is 0 Å². The molecule has 4 heteroatoms. The van der Waals surface area contributed by atoms with Crippen LogP contribution < -0.4 is 0 Å². The summed E-state index contributed by atoms with van der Waals surface area (Å²) in [5, 5.41) is 0.275. The topological polar surface area (TPSA) is 16.4 Å². The quantitative estimate of drug-likeness (QED) is 0.774. The van der Waals surface area contributed by atoms with Gasteiger partial charge in [-0.2, -0.15) is 0 Å². The Morgan fingerprint density at radius 1 is 1.60 bits per heavy atom. The molecule has 1 saturated heterocycles. The maximum Gasteiger partial charge on any atom is 0.169 e. The van der Waals surface area contributed by atoms with E-state index in [1.54, 1.807) is 0 Å². The molecule has 0 aliphatic carbocycles. The van der Waals surface area contributed by atoms with Crippen LogP contribution in [0.1, 0.15) is 25.5 Å². The van der Waals surface area contributed by atoms with Crippen LogP contribution in [0.5, 0.6) is 0 Å². The Labute approximate surface area is 104 Å². The van der Waals surface area contributed by atoms with Crippen molar-refractivity contribution in [1.82, 2.24) is 4.90 Å². The SMILES string of the molecule is CC1C(Cl)CCCN1Cc1ccc(Br)o1. The maximum absolute atomic E-state index is 6.25. The molecule has 84 valence electrons. The van der Waals surface area contributed by atoms with Gasteiger partial charge in [0.2, 0.25) is 0 Å². The van der Waals surface area contributed by atoms with Crippen LogP contribution in [0.3, 0.4) is 0 Å². The molecule has 2 rings (SSSR count). The minimum atomic E-state index is 0.275. The smallest absolute Gasteiger partial charge is 0.169 e. The number of alkyl halides is 1. The van der Waals surface area contributed by atoms with Crippen LogP contribution in [-0.4, -0.2) is 22.9 Å². The van der Waals surface area contributed by atoms with Crippen molar-refractivity contribution in [2.45, 2.75) is 37.7 Å². The number of hydrogen-bond donors (Lipinski definition) is 0. The molecule has 0 amide bonds. The summed E-state index contributed by atoms with van der Waals surface area (Å²) in [6.45, 7) is 4.16. The monoisotopic (exact) mass is 291 g/mol. The predicted molar refractivity (Wildman–Crippen MR) is 65.2 cm³/mol. The zero-order valence-electron chi connectivity index (χ0n) is 8.75. The third-order valence-electron chi connectivity index (χ3n) is 3.01. The van der Waals surface area contributed by atoms with Crippen LogP contribution >= 0.6 is 27.5 Å². The second kappa shape index (κ2) is 4.89. The summed E-state index contributed by atoms with van der Waals surface area (Å²) in [4.78, 5) is 2.38. The second-order valence-electron chi connectivity index (χ2n) is 4.08. The van der Waals surface area contributed by atoms with E-state index in [1.165, 1.54) is 6.42 Å². The van der Waals surface area contributed by atoms with Gasteiger partial charge < -0.3 is 4.42 Å². The fourth-order valence-corrected chi connectivity index (χ4v) is 2.68. The average molecular weight is 293 g/mol. The van der Waals surface area contributed by atoms with Crippen molar-refractivity contribution in [2.75, 3.05) is 6.54 Å². The van der Waals surface area contributed by atoms with Crippen molar-refractivity contribution in [1.29, 1.82) is 0 Å². The van der Waals surface area contributed by atoms with E-state index in [0.717, 1.165) is 29.9 Å². The Hall–Kier alpha value is 0.01000. The highest BCUT2D eigenvalue weighted by molar-refractivity contribution is 9.10. The normalized spacial score (nSPS) is 28.2. The summed E-state index contributed by atoms with van der Waals surface area (Å²) in [5.74, 6) is 1.000. The number of nitrogens with zero attached hydrogens (tertiary/aromatic N) is 1. The fourth-order valence-electron chi connectivity index (χ4n) is 2.02. The maximum atomic E-state index is 6.25. The first-order chi connectivity index (χ1) is 7.16. The molecule has 2 heterocycles. The lowest BCUT2D eigenvalue weighted by molar-refractivity contribution is 0.145. The van der Waals surface area contributed by atoms with Crippen LogP contribution in [0.25, 0.3) is 0 Å². The average Bonchev–Trinajstić information content (AvgIpc) is 2.59. The number of furan rings is 1. The highest BCUT2D eigenvalue weighted by Gasteiger charge is 2.26. The largest absolute Gasteiger partial charge is 0.453 e. The van der Waals surface area contributed by atoms with Crippen molar-refractivity contribution in [3.63, 3.8) is 0 Å². The van der Waals surface area contributed by atoms with Gasteiger partial charge in [-0.1, -0.05) is 0 Å². The predicted octanol–water partition coefficient (Wildman–Crippen LogP) is 3.63. The highest BCUT2D eigenvalue weighted by Crippen LogP contribution is 2.24. The molecule has 0 bridgehead atoms. The summed E-state index contributed by atoms with van der Waals surface area (Å²) < 4.78 is 6.30. The molecule has 2 nitrogen and oxygen atoms in total. The number of likely N-dealkylation sites (tertiary alicyclic amines) is 1. The van der Waals surface area contributed by atoms with E-state index >= 15 is 0 Å². The van der Waals surface area contributed by atoms with E-state index in [4.69, 9.17) is 16.0 Å². The van der Waals surface area contributed by atoms with E-state index in [-0.39, 0.29) is 5.38 Å². The third-order valence-corrected chi connectivity index (χ3v) is 4.02. The van der Waals surface area contributed by atoms with E-state index < -0.39 is 0 Å². The molecule has 0 radical (unpaired) electrons. The molecule has 0 spiro atoms. The standard InChI is InChI=1S/C11H15BrClNO/c1-8-10(13)3-2-6-14(8)7-9-4-5-11(12)15-9/h4-5,8,10H,2-3,6-7H2,1H3. The lowest BCUT2D eigenvalue weighted by atomic mass is 10.0. The molecular formula is C11H15BrClNO. The zero-order valence-corrected chi connectivity index (χ0v) is 11.1. The number of rotatable bonds is 2. The molecule has 2 atom stereocenters. The van der Waals surface area contributed by atoms with Gasteiger partial charge in [0.05, 0.1) is 6.54 Å². The summed E-state index contributed by atoms with van der Waals surface area (Å²) in [7, 11) is 0. The first-order valence-electron chi connectivity index (χ1n) is 5.29. The number of piperidine rings is 1. The lowest BCUT2D eigenvalue weighted by Gasteiger charge is -2.35. The minimum absolute atomic E-state index is 0.275. The van der Waals surface area contributed by atoms with Crippen LogP contribution in [0.4, 0.5) is 0 Å². The molecule has 0 aromatic carbocycles. The van der Waals surface area contributed by atoms with Gasteiger partial charge in [0, 0.05) is 11.4 Å². The Balaban J connectivity index is 1.99. The zero-order chi connectivity index (χ0) is 10.8. The summed E-state index contributed by atoms with van der Waals surface area (Å²) in [6, 6.07) is 4.38. The van der Waals surface area contributed by atoms with Gasteiger partial charge in [-0.15, -0.1) is 11.6 Å². The number of halogens is 2. The van der Waals surface area contributed by atoms with Crippen molar-refractivity contribution in [3.05, 3.63) is 22.6 Å². The fraction of sp³-hybridized carbons (Fsp3) is 0.636. The van der Waals surface area contributed by atoms with Crippen LogP contribution in [-0.2, 0) is 6.54 Å².